The number of fused-ring (bicyclic) bond motifs is 1. The van der Waals surface area contributed by atoms with E-state index in [9.17, 15) is 18.7 Å². The number of hydrogen-bond donors (Lipinski definition) is 2. The van der Waals surface area contributed by atoms with Crippen LogP contribution in [0.15, 0.2) is 30.5 Å². The summed E-state index contributed by atoms with van der Waals surface area (Å²) in [6.45, 7) is -1.18. The lowest BCUT2D eigenvalue weighted by Gasteiger charge is -2.21. The van der Waals surface area contributed by atoms with Gasteiger partial charge in [0.05, 0.1) is 31.8 Å². The van der Waals surface area contributed by atoms with E-state index in [1.807, 2.05) is 0 Å². The summed E-state index contributed by atoms with van der Waals surface area (Å²) in [6.07, 6.45) is -0.383. The van der Waals surface area contributed by atoms with E-state index in [-0.39, 0.29) is 6.54 Å². The van der Waals surface area contributed by atoms with Crippen molar-refractivity contribution in [2.24, 2.45) is 0 Å². The fourth-order valence-corrected chi connectivity index (χ4v) is 3.10. The Morgan fingerprint density at radius 1 is 1.56 bits per heavy atom. The fourth-order valence-electron chi connectivity index (χ4n) is 3.10. The summed E-state index contributed by atoms with van der Waals surface area (Å²) in [4.78, 5) is 17.3. The zero-order chi connectivity index (χ0) is 19.6. The molecule has 1 aliphatic rings. The van der Waals surface area contributed by atoms with Crippen LogP contribution in [-0.4, -0.2) is 53.1 Å². The first-order valence-corrected chi connectivity index (χ1v) is 8.25. The number of aliphatic hydroxyl groups is 1. The van der Waals surface area contributed by atoms with Crippen molar-refractivity contribution in [3.05, 3.63) is 36.0 Å². The largest absolute Gasteiger partial charge is 0.497 e. The van der Waals surface area contributed by atoms with Crippen molar-refractivity contribution >= 4 is 16.8 Å². The molecule has 27 heavy (non-hydrogen) atoms. The average molecular weight is 376 g/mol. The normalized spacial score (nSPS) is 19.7. The van der Waals surface area contributed by atoms with Crippen molar-refractivity contribution in [2.45, 2.75) is 24.6 Å². The zero-order valence-electron chi connectivity index (χ0n) is 14.5. The number of amides is 1. The molecule has 0 aliphatic carbocycles. The quantitative estimate of drug-likeness (QED) is 0.769. The number of ether oxygens (including phenoxy) is 1. The van der Waals surface area contributed by atoms with Crippen LogP contribution in [0.3, 0.4) is 0 Å². The smallest absolute Gasteiger partial charge is 0.268 e. The minimum Gasteiger partial charge on any atom is -0.497 e. The summed E-state index contributed by atoms with van der Waals surface area (Å²) < 4.78 is 32.1. The molecule has 1 aliphatic heterocycles. The summed E-state index contributed by atoms with van der Waals surface area (Å²) in [7, 11) is 1.52. The molecule has 9 heteroatoms. The fraction of sp³-hybridized carbons (Fsp3) is 0.389. The Hall–Kier alpha value is -2.83. The molecule has 0 saturated carbocycles. The molecule has 1 aromatic heterocycles. The SMILES string of the molecule is COc1ccc2nccc(C(O)NCC(=O)N3CC(F)(F)C[C@H]3C#N)c2c1. The zero-order valence-corrected chi connectivity index (χ0v) is 14.5. The first kappa shape index (κ1) is 18.9. The highest BCUT2D eigenvalue weighted by atomic mass is 19.3. The Labute approximate surface area is 154 Å². The van der Waals surface area contributed by atoms with Crippen LogP contribution in [0.4, 0.5) is 8.78 Å². The van der Waals surface area contributed by atoms with E-state index in [1.54, 1.807) is 30.3 Å². The minimum absolute atomic E-state index is 0.386. The number of pyridine rings is 1. The topological polar surface area (TPSA) is 98.5 Å². The molecule has 0 spiro atoms. The first-order valence-electron chi connectivity index (χ1n) is 8.25. The molecule has 3 rings (SSSR count). The van der Waals surface area contributed by atoms with Gasteiger partial charge < -0.3 is 14.7 Å². The number of halogens is 2. The van der Waals surface area contributed by atoms with Gasteiger partial charge in [-0.25, -0.2) is 8.78 Å². The number of methoxy groups -OCH3 is 1. The maximum Gasteiger partial charge on any atom is 0.268 e. The number of carbonyl (C=O) groups excluding carboxylic acids is 1. The van der Waals surface area contributed by atoms with Gasteiger partial charge in [0.25, 0.3) is 5.92 Å². The Balaban J connectivity index is 1.73. The van der Waals surface area contributed by atoms with Gasteiger partial charge in [-0.15, -0.1) is 0 Å². The third kappa shape index (κ3) is 3.97. The number of aromatic nitrogens is 1. The van der Waals surface area contributed by atoms with Crippen molar-refractivity contribution in [2.75, 3.05) is 20.2 Å². The van der Waals surface area contributed by atoms with Gasteiger partial charge in [-0.3, -0.25) is 15.1 Å². The molecule has 1 unspecified atom stereocenters. The lowest BCUT2D eigenvalue weighted by molar-refractivity contribution is -0.132. The van der Waals surface area contributed by atoms with Crippen molar-refractivity contribution in [1.82, 2.24) is 15.2 Å². The van der Waals surface area contributed by atoms with Gasteiger partial charge in [0.1, 0.15) is 18.0 Å². The predicted octanol–water partition coefficient (Wildman–Crippen LogP) is 1.58. The molecule has 2 aromatic rings. The number of nitrogens with zero attached hydrogens (tertiary/aromatic N) is 3. The molecule has 1 fully saturated rings. The Morgan fingerprint density at radius 3 is 3.04 bits per heavy atom. The molecule has 0 radical (unpaired) electrons. The summed E-state index contributed by atoms with van der Waals surface area (Å²) in [5, 5.41) is 22.7. The van der Waals surface area contributed by atoms with E-state index in [4.69, 9.17) is 10.00 Å². The van der Waals surface area contributed by atoms with Crippen LogP contribution in [0, 0.1) is 11.3 Å². The summed E-state index contributed by atoms with van der Waals surface area (Å²) in [5.41, 5.74) is 1.10. The number of benzene rings is 1. The number of aliphatic hydroxyl groups excluding tert-OH is 1. The van der Waals surface area contributed by atoms with Gasteiger partial charge in [0.2, 0.25) is 5.91 Å². The molecule has 142 valence electrons. The van der Waals surface area contributed by atoms with Gasteiger partial charge in [0.15, 0.2) is 0 Å². The second-order valence-electron chi connectivity index (χ2n) is 6.29. The van der Waals surface area contributed by atoms with E-state index in [0.29, 0.717) is 22.2 Å². The molecule has 7 nitrogen and oxygen atoms in total. The third-order valence-corrected chi connectivity index (χ3v) is 4.46. The van der Waals surface area contributed by atoms with Crippen molar-refractivity contribution < 1.29 is 23.4 Å². The lowest BCUT2D eigenvalue weighted by atomic mass is 10.1. The highest BCUT2D eigenvalue weighted by Gasteiger charge is 2.47. The number of hydrogen-bond acceptors (Lipinski definition) is 6. The maximum absolute atomic E-state index is 13.5. The van der Waals surface area contributed by atoms with Gasteiger partial charge >= 0.3 is 0 Å². The summed E-state index contributed by atoms with van der Waals surface area (Å²) in [6, 6.07) is 7.31. The minimum atomic E-state index is -3.08. The number of carbonyl (C=O) groups is 1. The Bertz CT molecular complexity index is 900. The molecule has 2 heterocycles. The lowest BCUT2D eigenvalue weighted by Crippen LogP contribution is -2.42. The second-order valence-corrected chi connectivity index (χ2v) is 6.29. The predicted molar refractivity (Wildman–Crippen MR) is 91.9 cm³/mol. The second kappa shape index (κ2) is 7.42. The third-order valence-electron chi connectivity index (χ3n) is 4.46. The highest BCUT2D eigenvalue weighted by Crippen LogP contribution is 2.31. The molecule has 2 N–H and O–H groups in total. The molecule has 1 amide bonds. The van der Waals surface area contributed by atoms with Crippen LogP contribution >= 0.6 is 0 Å². The maximum atomic E-state index is 13.5. The molecular formula is C18H18F2N4O3. The molecular weight excluding hydrogens is 358 g/mol. The Morgan fingerprint density at radius 2 is 2.33 bits per heavy atom. The van der Waals surface area contributed by atoms with Crippen LogP contribution in [0.5, 0.6) is 5.75 Å². The van der Waals surface area contributed by atoms with E-state index < -0.39 is 37.1 Å². The monoisotopic (exact) mass is 376 g/mol. The van der Waals surface area contributed by atoms with E-state index in [0.717, 1.165) is 4.90 Å². The van der Waals surface area contributed by atoms with Crippen LogP contribution < -0.4 is 10.1 Å². The van der Waals surface area contributed by atoms with Gasteiger partial charge in [-0.1, -0.05) is 0 Å². The summed E-state index contributed by atoms with van der Waals surface area (Å²) >= 11 is 0. The summed E-state index contributed by atoms with van der Waals surface area (Å²) in [5.74, 6) is -3.17. The Kier molecular flexibility index (Phi) is 5.21. The van der Waals surface area contributed by atoms with Crippen LogP contribution in [0.1, 0.15) is 18.2 Å². The van der Waals surface area contributed by atoms with Gasteiger partial charge in [-0.05, 0) is 24.3 Å². The molecule has 1 aromatic carbocycles. The highest BCUT2D eigenvalue weighted by molar-refractivity contribution is 5.84. The van der Waals surface area contributed by atoms with Crippen LogP contribution in [-0.2, 0) is 4.79 Å². The van der Waals surface area contributed by atoms with Crippen LogP contribution in [0.2, 0.25) is 0 Å². The number of nitrogens with one attached hydrogen (secondary N) is 1. The molecule has 0 bridgehead atoms. The van der Waals surface area contributed by atoms with E-state index in [2.05, 4.69) is 10.3 Å². The first-order chi connectivity index (χ1) is 12.8. The van der Waals surface area contributed by atoms with Crippen molar-refractivity contribution in [3.8, 4) is 11.8 Å². The van der Waals surface area contributed by atoms with Crippen molar-refractivity contribution in [1.29, 1.82) is 5.26 Å². The van der Waals surface area contributed by atoms with Crippen molar-refractivity contribution in [3.63, 3.8) is 0 Å². The number of rotatable bonds is 5. The average Bonchev–Trinajstić information content (AvgIpc) is 2.99. The molecule has 2 atom stereocenters. The number of nitriles is 1. The van der Waals surface area contributed by atoms with E-state index >= 15 is 0 Å². The molecule has 1 saturated heterocycles. The number of alkyl halides is 2. The van der Waals surface area contributed by atoms with E-state index in [1.165, 1.54) is 13.3 Å². The standard InChI is InChI=1S/C18H18F2N4O3/c1-27-12-2-3-15-14(6-12)13(4-5-22-15)17(26)23-9-16(25)24-10-18(19,20)7-11(24)8-21/h2-6,11,17,23,26H,7,9-10H2,1H3/t11-,17?/m0/s1. The number of likely N-dealkylation sites (tertiary alicyclic amines) is 1. The van der Waals surface area contributed by atoms with Crippen LogP contribution in [0.25, 0.3) is 10.9 Å². The van der Waals surface area contributed by atoms with Gasteiger partial charge in [0, 0.05) is 23.6 Å². The van der Waals surface area contributed by atoms with Gasteiger partial charge in [-0.2, -0.15) is 5.26 Å².